The molecule has 3 saturated carbocycles. The predicted octanol–water partition coefficient (Wildman–Crippen LogP) is 6.83. The van der Waals surface area contributed by atoms with Crippen molar-refractivity contribution in [2.24, 2.45) is 63.1 Å². The first-order valence-electron chi connectivity index (χ1n) is 15.3. The van der Waals surface area contributed by atoms with Crippen LogP contribution in [0.5, 0.6) is 0 Å². The van der Waals surface area contributed by atoms with E-state index < -0.39 is 22.7 Å². The summed E-state index contributed by atoms with van der Waals surface area (Å²) in [6.45, 7) is 15.4. The molecule has 11 atom stereocenters. The molecule has 5 nitrogen and oxygen atoms in total. The van der Waals surface area contributed by atoms with Gasteiger partial charge in [0.2, 0.25) is 0 Å². The van der Waals surface area contributed by atoms with Gasteiger partial charge in [-0.2, -0.15) is 0 Å². The molecule has 11 unspecified atom stereocenters. The van der Waals surface area contributed by atoms with Crippen molar-refractivity contribution in [1.29, 1.82) is 0 Å². The van der Waals surface area contributed by atoms with Gasteiger partial charge in [0.1, 0.15) is 6.10 Å². The lowest BCUT2D eigenvalue weighted by Gasteiger charge is -2.71. The first-order chi connectivity index (χ1) is 18.3. The second-order valence-corrected chi connectivity index (χ2v) is 14.7. The van der Waals surface area contributed by atoms with E-state index in [-0.39, 0.29) is 40.8 Å². The summed E-state index contributed by atoms with van der Waals surface area (Å²) < 4.78 is 11.2. The molecule has 0 aromatic rings. The number of cyclic esters (lactones) is 2. The average molecular weight is 535 g/mol. The molecule has 7 rings (SSSR count). The molecular weight excluding hydrogens is 488 g/mol. The molecule has 6 aliphatic carbocycles. The Labute approximate surface area is 233 Å². The van der Waals surface area contributed by atoms with E-state index in [0.29, 0.717) is 30.1 Å². The zero-order valence-electron chi connectivity index (χ0n) is 24.8. The van der Waals surface area contributed by atoms with Gasteiger partial charge in [0.05, 0.1) is 11.8 Å². The molecule has 0 N–H and O–H groups in total. The lowest BCUT2D eigenvalue weighted by atomic mass is 9.30. The number of carbonyl (C=O) groups is 3. The number of carbonyl (C=O) groups excluding carboxylic acids is 3. The smallest absolute Gasteiger partial charge is 0.318 e. The molecule has 0 amide bonds. The summed E-state index contributed by atoms with van der Waals surface area (Å²) in [5, 5.41) is 0. The molecule has 7 aliphatic rings. The van der Waals surface area contributed by atoms with Gasteiger partial charge in [-0.05, 0) is 78.9 Å². The summed E-state index contributed by atoms with van der Waals surface area (Å²) in [5.41, 5.74) is 0.0985. The molecule has 5 heteroatoms. The summed E-state index contributed by atoms with van der Waals surface area (Å²) in [6, 6.07) is 0. The molecule has 2 spiro atoms. The fraction of sp³-hybridized carbons (Fsp3) is 0.735. The Morgan fingerprint density at radius 3 is 2.44 bits per heavy atom. The van der Waals surface area contributed by atoms with Gasteiger partial charge in [0, 0.05) is 17.8 Å². The first kappa shape index (κ1) is 27.0. The molecule has 1 aliphatic heterocycles. The molecule has 2 bridgehead atoms. The molecule has 39 heavy (non-hydrogen) atoms. The molecule has 4 fully saturated rings. The van der Waals surface area contributed by atoms with Gasteiger partial charge < -0.3 is 9.47 Å². The Morgan fingerprint density at radius 2 is 1.74 bits per heavy atom. The van der Waals surface area contributed by atoms with Crippen LogP contribution in [-0.2, 0) is 23.9 Å². The maximum Gasteiger partial charge on any atom is 0.318 e. The van der Waals surface area contributed by atoms with Gasteiger partial charge in [-0.3, -0.25) is 14.4 Å². The molecular formula is C34H46O5. The quantitative estimate of drug-likeness (QED) is 0.220. The van der Waals surface area contributed by atoms with Gasteiger partial charge in [-0.25, -0.2) is 0 Å². The van der Waals surface area contributed by atoms with Crippen molar-refractivity contribution in [3.63, 3.8) is 0 Å². The van der Waals surface area contributed by atoms with Crippen molar-refractivity contribution in [3.8, 4) is 0 Å². The first-order valence-corrected chi connectivity index (χ1v) is 15.3. The monoisotopic (exact) mass is 534 g/mol. The topological polar surface area (TPSA) is 69.7 Å². The van der Waals surface area contributed by atoms with Crippen molar-refractivity contribution < 1.29 is 23.9 Å². The van der Waals surface area contributed by atoms with Crippen molar-refractivity contribution in [2.75, 3.05) is 0 Å². The fourth-order valence-corrected chi connectivity index (χ4v) is 10.7. The van der Waals surface area contributed by atoms with Crippen LogP contribution < -0.4 is 0 Å². The minimum Gasteiger partial charge on any atom is -0.463 e. The molecule has 0 aromatic carbocycles. The van der Waals surface area contributed by atoms with Crippen LogP contribution in [0.1, 0.15) is 87.0 Å². The highest BCUT2D eigenvalue weighted by molar-refractivity contribution is 5.99. The Hall–Kier alpha value is -2.17. The van der Waals surface area contributed by atoms with E-state index in [0.717, 1.165) is 32.1 Å². The second-order valence-electron chi connectivity index (χ2n) is 14.7. The summed E-state index contributed by atoms with van der Waals surface area (Å²) >= 11 is 0. The fourth-order valence-electron chi connectivity index (χ4n) is 10.7. The van der Waals surface area contributed by atoms with Crippen molar-refractivity contribution >= 4 is 17.9 Å². The van der Waals surface area contributed by atoms with Gasteiger partial charge in [0.15, 0.2) is 0 Å². The van der Waals surface area contributed by atoms with Crippen LogP contribution in [0.3, 0.4) is 0 Å². The Bertz CT molecular complexity index is 1190. The highest BCUT2D eigenvalue weighted by atomic mass is 16.6. The summed E-state index contributed by atoms with van der Waals surface area (Å²) in [4.78, 5) is 39.1. The van der Waals surface area contributed by atoms with Crippen LogP contribution in [0.2, 0.25) is 0 Å². The summed E-state index contributed by atoms with van der Waals surface area (Å²) in [6.07, 6.45) is 17.1. The van der Waals surface area contributed by atoms with Crippen molar-refractivity contribution in [2.45, 2.75) is 93.1 Å². The molecule has 0 radical (unpaired) electrons. The third kappa shape index (κ3) is 3.34. The molecule has 1 heterocycles. The van der Waals surface area contributed by atoms with E-state index in [2.05, 4.69) is 71.9 Å². The molecule has 1 saturated heterocycles. The van der Waals surface area contributed by atoms with E-state index in [9.17, 15) is 14.4 Å². The van der Waals surface area contributed by atoms with Crippen LogP contribution in [0, 0.1) is 63.1 Å². The van der Waals surface area contributed by atoms with Gasteiger partial charge in [-0.1, -0.05) is 77.5 Å². The minimum atomic E-state index is -0.568. The maximum atomic E-state index is 13.6. The summed E-state index contributed by atoms with van der Waals surface area (Å²) in [5.74, 6) is 0.418. The van der Waals surface area contributed by atoms with Gasteiger partial charge >= 0.3 is 17.9 Å². The number of fused-ring (bicyclic) bond motifs is 1. The Balaban J connectivity index is 1.45. The summed E-state index contributed by atoms with van der Waals surface area (Å²) in [7, 11) is 0. The van der Waals surface area contributed by atoms with Crippen molar-refractivity contribution in [3.05, 3.63) is 36.0 Å². The van der Waals surface area contributed by atoms with Crippen molar-refractivity contribution in [1.82, 2.24) is 0 Å². The number of allylic oxidation sites excluding steroid dienone is 6. The largest absolute Gasteiger partial charge is 0.463 e. The SMILES string of the molecule is CC(=O)OC1CCC2(C)C3=CCC4(C)C(C(C)/C=C\C(C)C(C)C)CCC4C34C=CC2(C1)C1C(=O)OC(=O)C14. The number of esters is 3. The zero-order chi connectivity index (χ0) is 28.1. The predicted molar refractivity (Wildman–Crippen MR) is 149 cm³/mol. The highest BCUT2D eigenvalue weighted by Crippen LogP contribution is 2.81. The van der Waals surface area contributed by atoms with E-state index in [1.165, 1.54) is 12.5 Å². The number of hydrogen-bond donors (Lipinski definition) is 0. The number of ether oxygens (including phenoxy) is 2. The van der Waals surface area contributed by atoms with Crippen LogP contribution in [0.15, 0.2) is 36.0 Å². The van der Waals surface area contributed by atoms with E-state index in [1.807, 2.05) is 0 Å². The third-order valence-corrected chi connectivity index (χ3v) is 12.9. The van der Waals surface area contributed by atoms with Gasteiger partial charge in [0.25, 0.3) is 0 Å². The van der Waals surface area contributed by atoms with E-state index >= 15 is 0 Å². The lowest BCUT2D eigenvalue weighted by Crippen LogP contribution is -2.68. The minimum absolute atomic E-state index is 0.0395. The Morgan fingerprint density at radius 1 is 1.03 bits per heavy atom. The van der Waals surface area contributed by atoms with E-state index in [4.69, 9.17) is 9.47 Å². The number of rotatable bonds is 5. The second kappa shape index (κ2) is 8.66. The number of hydrogen-bond acceptors (Lipinski definition) is 5. The zero-order valence-corrected chi connectivity index (χ0v) is 24.8. The highest BCUT2D eigenvalue weighted by Gasteiger charge is 2.79. The molecule has 0 aromatic heterocycles. The van der Waals surface area contributed by atoms with Crippen LogP contribution >= 0.6 is 0 Å². The van der Waals surface area contributed by atoms with Crippen LogP contribution in [0.25, 0.3) is 0 Å². The molecule has 212 valence electrons. The van der Waals surface area contributed by atoms with Gasteiger partial charge in [-0.15, -0.1) is 0 Å². The Kier molecular flexibility index (Phi) is 6.00. The normalized spacial score (nSPS) is 47.3. The standard InChI is InChI=1S/C34H46O5/c1-19(2)20(3)8-9-21(4)24-10-11-25-31(24,6)14-13-26-32(7)15-12-23(38-22(5)35)18-33(32)16-17-34(25,26)28-27(33)29(36)39-30(28)37/h8-9,13,16-17,19-21,23-25,27-28H,10-12,14-15,18H2,1-7H3/b9-8-. The maximum absolute atomic E-state index is 13.6. The lowest BCUT2D eigenvalue weighted by molar-refractivity contribution is -0.174. The van der Waals surface area contributed by atoms with Crippen LogP contribution in [-0.4, -0.2) is 24.0 Å². The average Bonchev–Trinajstić information content (AvgIpc) is 3.39. The van der Waals surface area contributed by atoms with Crippen LogP contribution in [0.4, 0.5) is 0 Å². The van der Waals surface area contributed by atoms with E-state index in [1.54, 1.807) is 0 Å². The third-order valence-electron chi connectivity index (χ3n) is 12.9.